The van der Waals surface area contributed by atoms with Crippen molar-refractivity contribution in [3.63, 3.8) is 0 Å². The SMILES string of the molecule is COc1ccc(C#C/C(C)=C\CO/N=C2\CN3CCC2C3)cc1OC. The molecule has 0 aliphatic carbocycles. The molecule has 2 fully saturated rings. The highest BCUT2D eigenvalue weighted by atomic mass is 16.6. The molecule has 3 rings (SSSR count). The molecule has 5 heteroatoms. The van der Waals surface area contributed by atoms with E-state index in [-0.39, 0.29) is 0 Å². The molecule has 0 N–H and O–H groups in total. The van der Waals surface area contributed by atoms with Gasteiger partial charge in [0.15, 0.2) is 11.5 Å². The topological polar surface area (TPSA) is 43.3 Å². The van der Waals surface area contributed by atoms with Crippen LogP contribution < -0.4 is 9.47 Å². The average Bonchev–Trinajstić information content (AvgIpc) is 3.26. The molecule has 0 radical (unpaired) electrons. The smallest absolute Gasteiger partial charge is 0.161 e. The van der Waals surface area contributed by atoms with Gasteiger partial charge in [0, 0.05) is 24.6 Å². The third kappa shape index (κ3) is 4.34. The van der Waals surface area contributed by atoms with Gasteiger partial charge >= 0.3 is 0 Å². The van der Waals surface area contributed by atoms with Crippen LogP contribution in [0.5, 0.6) is 11.5 Å². The van der Waals surface area contributed by atoms with Gasteiger partial charge in [-0.3, -0.25) is 4.90 Å². The second-order valence-corrected chi connectivity index (χ2v) is 6.31. The van der Waals surface area contributed by atoms with Crippen molar-refractivity contribution in [3.05, 3.63) is 35.4 Å². The van der Waals surface area contributed by atoms with Crippen LogP contribution in [0, 0.1) is 17.8 Å². The molecular weight excluding hydrogens is 316 g/mol. The van der Waals surface area contributed by atoms with E-state index in [1.807, 2.05) is 31.2 Å². The van der Waals surface area contributed by atoms with E-state index in [1.165, 1.54) is 18.7 Å². The number of allylic oxidation sites excluding steroid dienone is 1. The molecular formula is C20H24N2O3. The number of fused-ring (bicyclic) bond motifs is 2. The molecule has 25 heavy (non-hydrogen) atoms. The first kappa shape index (κ1) is 17.4. The maximum absolute atomic E-state index is 5.44. The van der Waals surface area contributed by atoms with Crippen LogP contribution in [0.2, 0.25) is 0 Å². The number of piperidine rings is 1. The van der Waals surface area contributed by atoms with Crippen molar-refractivity contribution in [1.82, 2.24) is 4.90 Å². The largest absolute Gasteiger partial charge is 0.493 e. The van der Waals surface area contributed by atoms with Crippen LogP contribution in [0.25, 0.3) is 0 Å². The molecule has 2 aliphatic heterocycles. The lowest BCUT2D eigenvalue weighted by molar-refractivity contribution is 0.171. The van der Waals surface area contributed by atoms with E-state index in [2.05, 4.69) is 21.9 Å². The molecule has 0 aromatic heterocycles. The van der Waals surface area contributed by atoms with Gasteiger partial charge in [0.1, 0.15) is 6.61 Å². The van der Waals surface area contributed by atoms with Crippen molar-refractivity contribution < 1.29 is 14.3 Å². The van der Waals surface area contributed by atoms with E-state index < -0.39 is 0 Å². The number of methoxy groups -OCH3 is 2. The maximum Gasteiger partial charge on any atom is 0.161 e. The van der Waals surface area contributed by atoms with Crippen molar-refractivity contribution in [2.45, 2.75) is 13.3 Å². The van der Waals surface area contributed by atoms with Gasteiger partial charge in [0.25, 0.3) is 0 Å². The lowest BCUT2D eigenvalue weighted by Gasteiger charge is -2.12. The molecule has 2 bridgehead atoms. The minimum Gasteiger partial charge on any atom is -0.493 e. The first-order valence-corrected chi connectivity index (χ1v) is 8.51. The number of hydrogen-bond donors (Lipinski definition) is 0. The summed E-state index contributed by atoms with van der Waals surface area (Å²) in [7, 11) is 3.24. The van der Waals surface area contributed by atoms with E-state index in [4.69, 9.17) is 14.3 Å². The normalized spacial score (nSPS) is 23.3. The molecule has 2 unspecified atom stereocenters. The summed E-state index contributed by atoms with van der Waals surface area (Å²) < 4.78 is 10.5. The summed E-state index contributed by atoms with van der Waals surface area (Å²) in [6.45, 7) is 5.73. The molecule has 0 amide bonds. The Labute approximate surface area is 149 Å². The molecule has 1 aromatic carbocycles. The van der Waals surface area contributed by atoms with Crippen LogP contribution >= 0.6 is 0 Å². The summed E-state index contributed by atoms with van der Waals surface area (Å²) in [4.78, 5) is 7.86. The first-order chi connectivity index (χ1) is 12.2. The first-order valence-electron chi connectivity index (χ1n) is 8.51. The summed E-state index contributed by atoms with van der Waals surface area (Å²) in [5.74, 6) is 8.23. The van der Waals surface area contributed by atoms with Crippen LogP contribution in [0.1, 0.15) is 18.9 Å². The van der Waals surface area contributed by atoms with Gasteiger partial charge in [-0.25, -0.2) is 0 Å². The van der Waals surface area contributed by atoms with E-state index >= 15 is 0 Å². The predicted octanol–water partition coefficient (Wildman–Crippen LogP) is 2.71. The minimum absolute atomic E-state index is 0.447. The molecule has 1 aromatic rings. The summed E-state index contributed by atoms with van der Waals surface area (Å²) in [5, 5.41) is 4.29. The van der Waals surface area contributed by atoms with Crippen molar-refractivity contribution in [3.8, 4) is 23.3 Å². The van der Waals surface area contributed by atoms with Crippen LogP contribution in [0.3, 0.4) is 0 Å². The van der Waals surface area contributed by atoms with Gasteiger partial charge in [-0.2, -0.15) is 0 Å². The van der Waals surface area contributed by atoms with E-state index in [1.54, 1.807) is 14.2 Å². The molecule has 2 atom stereocenters. The second kappa shape index (κ2) is 8.09. The zero-order valence-corrected chi connectivity index (χ0v) is 15.0. The highest BCUT2D eigenvalue weighted by Gasteiger charge is 2.35. The van der Waals surface area contributed by atoms with Gasteiger partial charge in [-0.15, -0.1) is 0 Å². The molecule has 5 nitrogen and oxygen atoms in total. The molecule has 2 heterocycles. The summed E-state index contributed by atoms with van der Waals surface area (Å²) in [6.07, 6.45) is 3.17. The van der Waals surface area contributed by atoms with E-state index in [9.17, 15) is 0 Å². The molecule has 132 valence electrons. The minimum atomic E-state index is 0.447. The van der Waals surface area contributed by atoms with Gasteiger partial charge < -0.3 is 14.3 Å². The van der Waals surface area contributed by atoms with E-state index in [0.29, 0.717) is 24.0 Å². The Kier molecular flexibility index (Phi) is 5.62. The lowest BCUT2D eigenvalue weighted by Crippen LogP contribution is -2.23. The van der Waals surface area contributed by atoms with Gasteiger partial charge in [0.05, 0.1) is 19.9 Å². The second-order valence-electron chi connectivity index (χ2n) is 6.31. The Bertz CT molecular complexity index is 743. The third-order valence-electron chi connectivity index (χ3n) is 4.56. The number of oxime groups is 1. The van der Waals surface area contributed by atoms with E-state index in [0.717, 1.165) is 24.2 Å². The molecule has 0 spiro atoms. The van der Waals surface area contributed by atoms with Crippen LogP contribution in [0.4, 0.5) is 0 Å². The van der Waals surface area contributed by atoms with Crippen molar-refractivity contribution in [2.24, 2.45) is 11.1 Å². The zero-order valence-electron chi connectivity index (χ0n) is 15.0. The van der Waals surface area contributed by atoms with Crippen LogP contribution in [-0.2, 0) is 4.84 Å². The number of rotatable bonds is 5. The monoisotopic (exact) mass is 340 g/mol. The fourth-order valence-corrected chi connectivity index (χ4v) is 3.13. The van der Waals surface area contributed by atoms with Crippen LogP contribution in [0.15, 0.2) is 35.0 Å². The Balaban J connectivity index is 1.53. The van der Waals surface area contributed by atoms with Crippen molar-refractivity contribution in [1.29, 1.82) is 0 Å². The summed E-state index contributed by atoms with van der Waals surface area (Å²) in [6, 6.07) is 5.63. The highest BCUT2D eigenvalue weighted by Crippen LogP contribution is 2.27. The standard InChI is InChI=1S/C20H24N2O3/c1-15(4-5-16-6-7-19(23-2)20(12-16)24-3)9-11-25-21-18-14-22-10-8-17(18)13-22/h6-7,9,12,17H,8,10-11,13-14H2,1-3H3/b15-9-,21-18+. The number of hydrogen-bond acceptors (Lipinski definition) is 5. The molecule has 0 saturated carbocycles. The number of ether oxygens (including phenoxy) is 2. The van der Waals surface area contributed by atoms with Crippen molar-refractivity contribution >= 4 is 5.71 Å². The summed E-state index contributed by atoms with van der Waals surface area (Å²) >= 11 is 0. The maximum atomic E-state index is 5.44. The average molecular weight is 340 g/mol. The number of nitrogens with zero attached hydrogens (tertiary/aromatic N) is 2. The third-order valence-corrected chi connectivity index (χ3v) is 4.56. The van der Waals surface area contributed by atoms with Crippen molar-refractivity contribution in [2.75, 3.05) is 40.5 Å². The Morgan fingerprint density at radius 1 is 1.32 bits per heavy atom. The highest BCUT2D eigenvalue weighted by molar-refractivity contribution is 5.91. The number of benzene rings is 1. The molecule has 2 aliphatic rings. The quantitative estimate of drug-likeness (QED) is 0.470. The summed E-state index contributed by atoms with van der Waals surface area (Å²) in [5.41, 5.74) is 3.02. The Hall–Kier alpha value is -2.45. The van der Waals surface area contributed by atoms with Gasteiger partial charge in [0.2, 0.25) is 0 Å². The Morgan fingerprint density at radius 3 is 2.84 bits per heavy atom. The van der Waals surface area contributed by atoms with Crippen LogP contribution in [-0.4, -0.2) is 51.1 Å². The Morgan fingerprint density at radius 2 is 2.16 bits per heavy atom. The molecule has 2 saturated heterocycles. The zero-order chi connectivity index (χ0) is 17.6. The fraction of sp³-hybridized carbons (Fsp3) is 0.450. The van der Waals surface area contributed by atoms with Gasteiger partial charge in [-0.05, 0) is 49.7 Å². The lowest BCUT2D eigenvalue weighted by atomic mass is 10.0. The fourth-order valence-electron chi connectivity index (χ4n) is 3.13. The predicted molar refractivity (Wildman–Crippen MR) is 98.1 cm³/mol. The van der Waals surface area contributed by atoms with Gasteiger partial charge in [-0.1, -0.05) is 17.0 Å².